The van der Waals surface area contributed by atoms with Gasteiger partial charge in [0, 0.05) is 12.2 Å². The van der Waals surface area contributed by atoms with Gasteiger partial charge in [-0.3, -0.25) is 14.5 Å². The van der Waals surface area contributed by atoms with E-state index in [1.807, 2.05) is 13.8 Å². The fraction of sp³-hybridized carbons (Fsp3) is 0.238. The molecule has 0 spiro atoms. The Labute approximate surface area is 167 Å². The number of nitrogens with zero attached hydrogens (tertiary/aromatic N) is 1. The smallest absolute Gasteiger partial charge is 0.339 e. The molecule has 4 amide bonds. The molecular weight excluding hydrogens is 374 g/mol. The number of benzene rings is 2. The molecule has 1 aliphatic rings. The summed E-state index contributed by atoms with van der Waals surface area (Å²) in [6.45, 7) is 4.18. The molecule has 8 heteroatoms. The number of para-hydroxylation sites is 1. The van der Waals surface area contributed by atoms with Crippen LogP contribution >= 0.6 is 0 Å². The lowest BCUT2D eigenvalue weighted by atomic mass is 10.1. The zero-order valence-corrected chi connectivity index (χ0v) is 16.3. The second-order valence-corrected chi connectivity index (χ2v) is 6.99. The summed E-state index contributed by atoms with van der Waals surface area (Å²) in [5.41, 5.74) is 1.42. The molecule has 8 nitrogen and oxygen atoms in total. The van der Waals surface area contributed by atoms with Crippen LogP contribution in [0.5, 0.6) is 0 Å². The number of ether oxygens (including phenoxy) is 1. The summed E-state index contributed by atoms with van der Waals surface area (Å²) in [6.07, 6.45) is 0. The van der Waals surface area contributed by atoms with Crippen LogP contribution < -0.4 is 10.6 Å². The number of carbonyl (C=O) groups excluding carboxylic acids is 4. The van der Waals surface area contributed by atoms with E-state index in [-0.39, 0.29) is 34.5 Å². The van der Waals surface area contributed by atoms with Crippen molar-refractivity contribution in [2.75, 3.05) is 24.3 Å². The SMILES string of the molecule is COC(=O)c1ccccc1NC(=O)Nc1ccc2c(c1)C(=O)N(CC(C)C)C2=O. The number of hydrogen-bond donors (Lipinski definition) is 2. The number of carbonyl (C=O) groups is 4. The van der Waals surface area contributed by atoms with E-state index < -0.39 is 12.0 Å². The number of methoxy groups -OCH3 is 1. The molecule has 0 bridgehead atoms. The standard InChI is InChI=1S/C21H21N3O5/c1-12(2)11-24-18(25)14-9-8-13(10-16(14)19(24)26)22-21(28)23-17-7-5-4-6-15(17)20(27)29-3/h4-10,12H,11H2,1-3H3,(H2,22,23,28). The maximum atomic E-state index is 12.5. The quantitative estimate of drug-likeness (QED) is 0.597. The van der Waals surface area contributed by atoms with Crippen molar-refractivity contribution in [3.05, 3.63) is 59.2 Å². The first-order valence-corrected chi connectivity index (χ1v) is 9.07. The van der Waals surface area contributed by atoms with E-state index in [9.17, 15) is 19.2 Å². The molecule has 0 saturated heterocycles. The molecule has 3 rings (SSSR count). The summed E-state index contributed by atoms with van der Waals surface area (Å²) in [7, 11) is 1.25. The van der Waals surface area contributed by atoms with Crippen molar-refractivity contribution in [3.8, 4) is 0 Å². The van der Waals surface area contributed by atoms with Gasteiger partial charge in [-0.1, -0.05) is 26.0 Å². The number of rotatable bonds is 5. The van der Waals surface area contributed by atoms with E-state index in [0.717, 1.165) is 0 Å². The molecule has 2 N–H and O–H groups in total. The highest BCUT2D eigenvalue weighted by molar-refractivity contribution is 6.22. The van der Waals surface area contributed by atoms with E-state index in [2.05, 4.69) is 10.6 Å². The lowest BCUT2D eigenvalue weighted by Crippen LogP contribution is -2.33. The Hall–Kier alpha value is -3.68. The number of hydrogen-bond acceptors (Lipinski definition) is 5. The maximum absolute atomic E-state index is 12.5. The van der Waals surface area contributed by atoms with Crippen LogP contribution in [0.3, 0.4) is 0 Å². The number of imide groups is 1. The van der Waals surface area contributed by atoms with Crippen LogP contribution in [0, 0.1) is 5.92 Å². The largest absolute Gasteiger partial charge is 0.465 e. The predicted molar refractivity (Wildman–Crippen MR) is 107 cm³/mol. The normalized spacial score (nSPS) is 12.8. The number of esters is 1. The summed E-state index contributed by atoms with van der Waals surface area (Å²) in [5, 5.41) is 5.19. The van der Waals surface area contributed by atoms with Crippen molar-refractivity contribution in [1.29, 1.82) is 0 Å². The average molecular weight is 395 g/mol. The van der Waals surface area contributed by atoms with Crippen LogP contribution in [-0.4, -0.2) is 42.4 Å². The van der Waals surface area contributed by atoms with Crippen molar-refractivity contribution in [1.82, 2.24) is 4.90 Å². The van der Waals surface area contributed by atoms with Gasteiger partial charge in [-0.2, -0.15) is 0 Å². The van der Waals surface area contributed by atoms with Gasteiger partial charge in [-0.25, -0.2) is 9.59 Å². The van der Waals surface area contributed by atoms with Crippen LogP contribution in [-0.2, 0) is 4.74 Å². The van der Waals surface area contributed by atoms with Gasteiger partial charge in [-0.15, -0.1) is 0 Å². The Morgan fingerprint density at radius 2 is 1.69 bits per heavy atom. The van der Waals surface area contributed by atoms with E-state index in [0.29, 0.717) is 17.8 Å². The molecule has 150 valence electrons. The van der Waals surface area contributed by atoms with Crippen LogP contribution in [0.15, 0.2) is 42.5 Å². The minimum atomic E-state index is -0.600. The number of amides is 4. The molecular formula is C21H21N3O5. The molecule has 0 atom stereocenters. The van der Waals surface area contributed by atoms with Gasteiger partial charge in [0.15, 0.2) is 0 Å². The van der Waals surface area contributed by atoms with Crippen LogP contribution in [0.4, 0.5) is 16.2 Å². The highest BCUT2D eigenvalue weighted by Gasteiger charge is 2.35. The summed E-state index contributed by atoms with van der Waals surface area (Å²) >= 11 is 0. The molecule has 2 aromatic rings. The topological polar surface area (TPSA) is 105 Å². The Kier molecular flexibility index (Phi) is 5.63. The van der Waals surface area contributed by atoms with Crippen molar-refractivity contribution in [2.45, 2.75) is 13.8 Å². The molecule has 0 radical (unpaired) electrons. The first-order valence-electron chi connectivity index (χ1n) is 9.07. The number of anilines is 2. The molecule has 1 heterocycles. The molecule has 0 saturated carbocycles. The van der Waals surface area contributed by atoms with Crippen LogP contribution in [0.25, 0.3) is 0 Å². The third-order valence-corrected chi connectivity index (χ3v) is 4.36. The maximum Gasteiger partial charge on any atom is 0.339 e. The number of nitrogens with one attached hydrogen (secondary N) is 2. The molecule has 1 aliphatic heterocycles. The average Bonchev–Trinajstić information content (AvgIpc) is 2.92. The monoisotopic (exact) mass is 395 g/mol. The molecule has 0 aromatic heterocycles. The summed E-state index contributed by atoms with van der Waals surface area (Å²) in [5.74, 6) is -1.14. The molecule has 0 fully saturated rings. The zero-order valence-electron chi connectivity index (χ0n) is 16.3. The van der Waals surface area contributed by atoms with Crippen molar-refractivity contribution >= 4 is 35.2 Å². The van der Waals surface area contributed by atoms with Gasteiger partial charge < -0.3 is 15.4 Å². The Morgan fingerprint density at radius 1 is 1.00 bits per heavy atom. The molecule has 0 unspecified atom stereocenters. The van der Waals surface area contributed by atoms with Gasteiger partial charge >= 0.3 is 12.0 Å². The van der Waals surface area contributed by atoms with Crippen molar-refractivity contribution < 1.29 is 23.9 Å². The second kappa shape index (κ2) is 8.14. The molecule has 29 heavy (non-hydrogen) atoms. The van der Waals surface area contributed by atoms with Crippen LogP contribution in [0.2, 0.25) is 0 Å². The van der Waals surface area contributed by atoms with Crippen LogP contribution in [0.1, 0.15) is 44.9 Å². The van der Waals surface area contributed by atoms with E-state index >= 15 is 0 Å². The van der Waals surface area contributed by atoms with Gasteiger partial charge in [0.1, 0.15) is 0 Å². The highest BCUT2D eigenvalue weighted by Crippen LogP contribution is 2.27. The minimum absolute atomic E-state index is 0.149. The van der Waals surface area contributed by atoms with Gasteiger partial charge in [-0.05, 0) is 36.2 Å². The Morgan fingerprint density at radius 3 is 2.38 bits per heavy atom. The summed E-state index contributed by atoms with van der Waals surface area (Å²) in [4.78, 5) is 50.3. The number of fused-ring (bicyclic) bond motifs is 1. The predicted octanol–water partition coefficient (Wildman–Crippen LogP) is 3.37. The summed E-state index contributed by atoms with van der Waals surface area (Å²) in [6, 6.07) is 10.4. The third-order valence-electron chi connectivity index (χ3n) is 4.36. The summed E-state index contributed by atoms with van der Waals surface area (Å²) < 4.78 is 4.70. The van der Waals surface area contributed by atoms with Crippen molar-refractivity contribution in [3.63, 3.8) is 0 Å². The lowest BCUT2D eigenvalue weighted by molar-refractivity contribution is 0.0598. The third kappa shape index (κ3) is 4.11. The Bertz CT molecular complexity index is 1000. The van der Waals surface area contributed by atoms with E-state index in [1.54, 1.807) is 24.3 Å². The van der Waals surface area contributed by atoms with Crippen molar-refractivity contribution in [2.24, 2.45) is 5.92 Å². The Balaban J connectivity index is 1.76. The lowest BCUT2D eigenvalue weighted by Gasteiger charge is -2.15. The first kappa shape index (κ1) is 20.1. The van der Waals surface area contributed by atoms with E-state index in [4.69, 9.17) is 4.74 Å². The minimum Gasteiger partial charge on any atom is -0.465 e. The molecule has 2 aromatic carbocycles. The fourth-order valence-corrected chi connectivity index (χ4v) is 3.06. The number of urea groups is 1. The van der Waals surface area contributed by atoms with Gasteiger partial charge in [0.2, 0.25) is 0 Å². The molecule has 0 aliphatic carbocycles. The van der Waals surface area contributed by atoms with Gasteiger partial charge in [0.05, 0.1) is 29.5 Å². The first-order chi connectivity index (χ1) is 13.8. The van der Waals surface area contributed by atoms with E-state index in [1.165, 1.54) is 30.2 Å². The highest BCUT2D eigenvalue weighted by atomic mass is 16.5. The zero-order chi connectivity index (χ0) is 21.1. The van der Waals surface area contributed by atoms with Gasteiger partial charge in [0.25, 0.3) is 11.8 Å². The fourth-order valence-electron chi connectivity index (χ4n) is 3.06. The second-order valence-electron chi connectivity index (χ2n) is 6.99.